The van der Waals surface area contributed by atoms with E-state index in [2.05, 4.69) is 38.2 Å². The molecular formula is C11H18. The molecule has 0 spiro atoms. The van der Waals surface area contributed by atoms with Crippen molar-refractivity contribution in [3.63, 3.8) is 0 Å². The summed E-state index contributed by atoms with van der Waals surface area (Å²) in [5.74, 6) is 1.74. The highest BCUT2D eigenvalue weighted by Crippen LogP contribution is 2.22. The van der Waals surface area contributed by atoms with E-state index in [1.807, 2.05) is 0 Å². The standard InChI is InChI=1S/C11H18/c1-10(2)11-8-6-4-3-5-7-9-11/h3-6,10-11H,7-9H2,1-2H3. The summed E-state index contributed by atoms with van der Waals surface area (Å²) in [6.07, 6.45) is 12.8. The van der Waals surface area contributed by atoms with Crippen molar-refractivity contribution in [3.8, 4) is 0 Å². The predicted molar refractivity (Wildman–Crippen MR) is 50.5 cm³/mol. The molecule has 0 aromatic rings. The normalized spacial score (nSPS) is 25.2. The van der Waals surface area contributed by atoms with Gasteiger partial charge in [0.15, 0.2) is 0 Å². The highest BCUT2D eigenvalue weighted by molar-refractivity contribution is 5.04. The zero-order valence-electron chi connectivity index (χ0n) is 7.59. The van der Waals surface area contributed by atoms with Crippen LogP contribution in [-0.4, -0.2) is 0 Å². The van der Waals surface area contributed by atoms with Gasteiger partial charge in [0, 0.05) is 0 Å². The topological polar surface area (TPSA) is 0 Å². The quantitative estimate of drug-likeness (QED) is 0.536. The Hall–Kier alpha value is -0.520. The van der Waals surface area contributed by atoms with Crippen molar-refractivity contribution in [1.82, 2.24) is 0 Å². The second-order valence-corrected chi connectivity index (χ2v) is 3.67. The summed E-state index contributed by atoms with van der Waals surface area (Å²) in [4.78, 5) is 0. The summed E-state index contributed by atoms with van der Waals surface area (Å²) in [5, 5.41) is 0. The number of rotatable bonds is 1. The van der Waals surface area contributed by atoms with Crippen molar-refractivity contribution in [3.05, 3.63) is 24.3 Å². The van der Waals surface area contributed by atoms with E-state index in [-0.39, 0.29) is 0 Å². The molecule has 0 bridgehead atoms. The second-order valence-electron chi connectivity index (χ2n) is 3.67. The summed E-state index contributed by atoms with van der Waals surface area (Å²) in [5.41, 5.74) is 0. The van der Waals surface area contributed by atoms with Crippen LogP contribution in [0.3, 0.4) is 0 Å². The SMILES string of the molecule is CC(C)C1CC=CC=CCC1. The van der Waals surface area contributed by atoms with Crippen LogP contribution in [0.5, 0.6) is 0 Å². The van der Waals surface area contributed by atoms with Crippen LogP contribution in [0.1, 0.15) is 33.1 Å². The van der Waals surface area contributed by atoms with Gasteiger partial charge in [-0.2, -0.15) is 0 Å². The fourth-order valence-electron chi connectivity index (χ4n) is 1.54. The first-order valence-electron chi connectivity index (χ1n) is 4.62. The van der Waals surface area contributed by atoms with Crippen LogP contribution in [0.2, 0.25) is 0 Å². The molecule has 1 unspecified atom stereocenters. The van der Waals surface area contributed by atoms with Crippen LogP contribution >= 0.6 is 0 Å². The third-order valence-corrected chi connectivity index (χ3v) is 2.47. The van der Waals surface area contributed by atoms with Gasteiger partial charge in [-0.3, -0.25) is 0 Å². The molecule has 0 N–H and O–H groups in total. The van der Waals surface area contributed by atoms with Gasteiger partial charge in [0.25, 0.3) is 0 Å². The Bertz CT molecular complexity index is 151. The van der Waals surface area contributed by atoms with Gasteiger partial charge in [-0.25, -0.2) is 0 Å². The van der Waals surface area contributed by atoms with Crippen LogP contribution in [0.4, 0.5) is 0 Å². The number of hydrogen-bond donors (Lipinski definition) is 0. The molecule has 0 aromatic heterocycles. The van der Waals surface area contributed by atoms with Crippen molar-refractivity contribution >= 4 is 0 Å². The smallest absolute Gasteiger partial charge is 0.0317 e. The average Bonchev–Trinajstić information content (AvgIpc) is 1.84. The maximum absolute atomic E-state index is 2.32. The van der Waals surface area contributed by atoms with Crippen LogP contribution in [0.15, 0.2) is 24.3 Å². The molecule has 1 rings (SSSR count). The lowest BCUT2D eigenvalue weighted by Crippen LogP contribution is -2.07. The van der Waals surface area contributed by atoms with Crippen molar-refractivity contribution in [2.24, 2.45) is 11.8 Å². The average molecular weight is 150 g/mol. The lowest BCUT2D eigenvalue weighted by atomic mass is 9.87. The lowest BCUT2D eigenvalue weighted by Gasteiger charge is -2.18. The van der Waals surface area contributed by atoms with Crippen LogP contribution in [-0.2, 0) is 0 Å². The zero-order valence-corrected chi connectivity index (χ0v) is 7.59. The van der Waals surface area contributed by atoms with Gasteiger partial charge in [0.2, 0.25) is 0 Å². The van der Waals surface area contributed by atoms with E-state index in [1.165, 1.54) is 19.3 Å². The Labute approximate surface area is 70.0 Å². The minimum Gasteiger partial charge on any atom is -0.0845 e. The van der Waals surface area contributed by atoms with E-state index in [1.54, 1.807) is 0 Å². The summed E-state index contributed by atoms with van der Waals surface area (Å²) in [6, 6.07) is 0. The highest BCUT2D eigenvalue weighted by Gasteiger charge is 2.10. The Morgan fingerprint density at radius 3 is 2.64 bits per heavy atom. The number of hydrogen-bond acceptors (Lipinski definition) is 0. The second kappa shape index (κ2) is 4.38. The largest absolute Gasteiger partial charge is 0.0845 e. The molecule has 0 heteroatoms. The third-order valence-electron chi connectivity index (χ3n) is 2.47. The summed E-state index contributed by atoms with van der Waals surface area (Å²) < 4.78 is 0. The molecule has 0 aromatic carbocycles. The first-order chi connectivity index (χ1) is 5.30. The third kappa shape index (κ3) is 2.92. The summed E-state index contributed by atoms with van der Waals surface area (Å²) >= 11 is 0. The molecule has 11 heavy (non-hydrogen) atoms. The van der Waals surface area contributed by atoms with Gasteiger partial charge in [-0.05, 0) is 31.1 Å². The molecule has 0 radical (unpaired) electrons. The fourth-order valence-corrected chi connectivity index (χ4v) is 1.54. The molecule has 1 atom stereocenters. The van der Waals surface area contributed by atoms with E-state index in [9.17, 15) is 0 Å². The molecule has 0 aliphatic heterocycles. The minimum absolute atomic E-state index is 0.839. The van der Waals surface area contributed by atoms with Gasteiger partial charge in [0.1, 0.15) is 0 Å². The Morgan fingerprint density at radius 2 is 1.91 bits per heavy atom. The summed E-state index contributed by atoms with van der Waals surface area (Å²) in [6.45, 7) is 4.65. The van der Waals surface area contributed by atoms with Gasteiger partial charge < -0.3 is 0 Å². The van der Waals surface area contributed by atoms with E-state index >= 15 is 0 Å². The Kier molecular flexibility index (Phi) is 3.41. The molecule has 0 heterocycles. The monoisotopic (exact) mass is 150 g/mol. The fraction of sp³-hybridized carbons (Fsp3) is 0.636. The molecule has 1 aliphatic rings. The molecule has 0 saturated heterocycles. The first kappa shape index (κ1) is 8.58. The molecule has 62 valence electrons. The van der Waals surface area contributed by atoms with Gasteiger partial charge in [-0.1, -0.05) is 38.2 Å². The maximum atomic E-state index is 2.32. The van der Waals surface area contributed by atoms with Crippen molar-refractivity contribution in [1.29, 1.82) is 0 Å². The lowest BCUT2D eigenvalue weighted by molar-refractivity contribution is 0.365. The van der Waals surface area contributed by atoms with Gasteiger partial charge in [-0.15, -0.1) is 0 Å². The molecule has 0 fully saturated rings. The van der Waals surface area contributed by atoms with Crippen molar-refractivity contribution < 1.29 is 0 Å². The number of allylic oxidation sites excluding steroid dienone is 4. The van der Waals surface area contributed by atoms with Crippen LogP contribution in [0, 0.1) is 11.8 Å². The first-order valence-corrected chi connectivity index (χ1v) is 4.62. The van der Waals surface area contributed by atoms with E-state index in [0.717, 1.165) is 11.8 Å². The van der Waals surface area contributed by atoms with E-state index in [4.69, 9.17) is 0 Å². The van der Waals surface area contributed by atoms with Crippen molar-refractivity contribution in [2.45, 2.75) is 33.1 Å². The molecule has 1 aliphatic carbocycles. The van der Waals surface area contributed by atoms with Crippen LogP contribution in [0.25, 0.3) is 0 Å². The van der Waals surface area contributed by atoms with E-state index in [0.29, 0.717) is 0 Å². The van der Waals surface area contributed by atoms with E-state index < -0.39 is 0 Å². The van der Waals surface area contributed by atoms with Gasteiger partial charge in [0.05, 0.1) is 0 Å². The van der Waals surface area contributed by atoms with Crippen molar-refractivity contribution in [2.75, 3.05) is 0 Å². The van der Waals surface area contributed by atoms with Gasteiger partial charge >= 0.3 is 0 Å². The predicted octanol–water partition coefficient (Wildman–Crippen LogP) is 3.55. The Balaban J connectivity index is 2.45. The molecule has 0 saturated carbocycles. The Morgan fingerprint density at radius 1 is 1.18 bits per heavy atom. The zero-order chi connectivity index (χ0) is 8.10. The molecular weight excluding hydrogens is 132 g/mol. The molecule has 0 amide bonds. The van der Waals surface area contributed by atoms with Crippen LogP contribution < -0.4 is 0 Å². The summed E-state index contributed by atoms with van der Waals surface area (Å²) in [7, 11) is 0. The minimum atomic E-state index is 0.839. The maximum Gasteiger partial charge on any atom is -0.0317 e. The highest BCUT2D eigenvalue weighted by atomic mass is 14.2. The molecule has 0 nitrogen and oxygen atoms in total.